The molecule has 0 saturated carbocycles. The Morgan fingerprint density at radius 3 is 2.14 bits per heavy atom. The van der Waals surface area contributed by atoms with Crippen molar-refractivity contribution in [3.63, 3.8) is 0 Å². The van der Waals surface area contributed by atoms with E-state index in [1.165, 1.54) is 0 Å². The lowest BCUT2D eigenvalue weighted by atomic mass is 9.89. The fourth-order valence-corrected chi connectivity index (χ4v) is 2.23. The highest BCUT2D eigenvalue weighted by molar-refractivity contribution is 5.84. The van der Waals surface area contributed by atoms with Gasteiger partial charge >= 0.3 is 5.97 Å². The van der Waals surface area contributed by atoms with E-state index in [9.17, 15) is 9.90 Å². The largest absolute Gasteiger partial charge is 0.479 e. The van der Waals surface area contributed by atoms with Gasteiger partial charge in [-0.3, -0.25) is 0 Å². The predicted octanol–water partition coefficient (Wildman–Crippen LogP) is 4.02. The van der Waals surface area contributed by atoms with Crippen molar-refractivity contribution < 1.29 is 9.90 Å². The smallest absolute Gasteiger partial charge is 0.333 e. The molecule has 0 amide bonds. The number of anilines is 1. The highest BCUT2D eigenvalue weighted by Gasteiger charge is 2.35. The highest BCUT2D eigenvalue weighted by atomic mass is 16.4. The van der Waals surface area contributed by atoms with Gasteiger partial charge in [-0.2, -0.15) is 0 Å². The molecule has 0 fully saturated rings. The van der Waals surface area contributed by atoms with E-state index < -0.39 is 11.5 Å². The van der Waals surface area contributed by atoms with Gasteiger partial charge in [0.1, 0.15) is 0 Å². The fraction of sp³-hybridized carbons (Fsp3) is 0.278. The second-order valence-electron chi connectivity index (χ2n) is 5.72. The number of aryl methyl sites for hydroxylation is 3. The molecule has 0 bridgehead atoms. The minimum Gasteiger partial charge on any atom is -0.479 e. The molecule has 3 heteroatoms. The van der Waals surface area contributed by atoms with Crippen molar-refractivity contribution >= 4 is 11.7 Å². The molecule has 3 nitrogen and oxygen atoms in total. The lowest BCUT2D eigenvalue weighted by Gasteiger charge is -2.28. The Balaban J connectivity index is 2.42. The third-order valence-corrected chi connectivity index (χ3v) is 3.96. The van der Waals surface area contributed by atoms with Crippen molar-refractivity contribution in [3.05, 3.63) is 64.7 Å². The van der Waals surface area contributed by atoms with Crippen LogP contribution in [0, 0.1) is 20.8 Å². The van der Waals surface area contributed by atoms with Gasteiger partial charge in [-0.15, -0.1) is 0 Å². The van der Waals surface area contributed by atoms with Crippen molar-refractivity contribution in [3.8, 4) is 0 Å². The SMILES string of the molecule is Cc1ccc(NC(C)(C(=O)O)c2ccc(C)c(C)c2)cc1. The van der Waals surface area contributed by atoms with Crippen LogP contribution in [0.25, 0.3) is 0 Å². The van der Waals surface area contributed by atoms with Crippen LogP contribution < -0.4 is 5.32 Å². The number of nitrogens with one attached hydrogen (secondary N) is 1. The van der Waals surface area contributed by atoms with Crippen LogP contribution in [0.2, 0.25) is 0 Å². The Labute approximate surface area is 125 Å². The standard InChI is InChI=1S/C18H21NO2/c1-12-5-9-16(10-6-12)19-18(4,17(20)21)15-8-7-13(2)14(3)11-15/h5-11,19H,1-4H3,(H,20,21). The maximum atomic E-state index is 11.8. The number of aliphatic carboxylic acids is 1. The number of rotatable bonds is 4. The Kier molecular flexibility index (Phi) is 4.03. The Morgan fingerprint density at radius 2 is 1.62 bits per heavy atom. The second kappa shape index (κ2) is 5.60. The maximum Gasteiger partial charge on any atom is 0.333 e. The minimum absolute atomic E-state index is 0.749. The molecule has 21 heavy (non-hydrogen) atoms. The molecule has 110 valence electrons. The van der Waals surface area contributed by atoms with Gasteiger partial charge < -0.3 is 10.4 Å². The summed E-state index contributed by atoms with van der Waals surface area (Å²) in [5.74, 6) is -0.897. The normalized spacial score (nSPS) is 13.5. The molecule has 0 aliphatic heterocycles. The van der Waals surface area contributed by atoms with Crippen LogP contribution in [-0.2, 0) is 10.3 Å². The van der Waals surface area contributed by atoms with Gasteiger partial charge in [0, 0.05) is 5.69 Å². The monoisotopic (exact) mass is 283 g/mol. The summed E-state index contributed by atoms with van der Waals surface area (Å²) in [6, 6.07) is 13.5. The number of carboxylic acid groups (broad SMARTS) is 1. The maximum absolute atomic E-state index is 11.8. The average molecular weight is 283 g/mol. The first-order chi connectivity index (χ1) is 9.83. The van der Waals surface area contributed by atoms with Crippen molar-refractivity contribution in [2.75, 3.05) is 5.32 Å². The second-order valence-corrected chi connectivity index (χ2v) is 5.72. The third kappa shape index (κ3) is 3.07. The molecule has 0 radical (unpaired) electrons. The molecule has 0 saturated heterocycles. The summed E-state index contributed by atoms with van der Waals surface area (Å²) in [6.07, 6.45) is 0. The van der Waals surface area contributed by atoms with Gasteiger partial charge in [-0.1, -0.05) is 35.9 Å². The van der Waals surface area contributed by atoms with E-state index >= 15 is 0 Å². The van der Waals surface area contributed by atoms with Crippen LogP contribution in [0.3, 0.4) is 0 Å². The summed E-state index contributed by atoms with van der Waals surface area (Å²) in [5.41, 5.74) is 3.77. The molecular formula is C18H21NO2. The quantitative estimate of drug-likeness (QED) is 0.891. The summed E-state index contributed by atoms with van der Waals surface area (Å²) in [5, 5.41) is 12.8. The van der Waals surface area contributed by atoms with E-state index in [0.717, 1.165) is 27.9 Å². The molecule has 0 heterocycles. The van der Waals surface area contributed by atoms with E-state index in [-0.39, 0.29) is 0 Å². The van der Waals surface area contributed by atoms with Crippen LogP contribution in [0.1, 0.15) is 29.2 Å². The first-order valence-electron chi connectivity index (χ1n) is 6.99. The average Bonchev–Trinajstić information content (AvgIpc) is 2.44. The van der Waals surface area contributed by atoms with Crippen molar-refractivity contribution in [1.29, 1.82) is 0 Å². The first kappa shape index (κ1) is 15.1. The molecule has 2 rings (SSSR count). The van der Waals surface area contributed by atoms with Crippen molar-refractivity contribution in [2.24, 2.45) is 0 Å². The van der Waals surface area contributed by atoms with E-state index in [4.69, 9.17) is 0 Å². The molecule has 2 aromatic carbocycles. The third-order valence-electron chi connectivity index (χ3n) is 3.96. The Hall–Kier alpha value is -2.29. The number of benzene rings is 2. The fourth-order valence-electron chi connectivity index (χ4n) is 2.23. The number of carboxylic acids is 1. The van der Waals surface area contributed by atoms with Gasteiger partial charge in [0.15, 0.2) is 5.54 Å². The number of hydrogen-bond acceptors (Lipinski definition) is 2. The van der Waals surface area contributed by atoms with Crippen LogP contribution in [0.5, 0.6) is 0 Å². The molecule has 0 aliphatic rings. The van der Waals surface area contributed by atoms with E-state index in [1.54, 1.807) is 6.92 Å². The topological polar surface area (TPSA) is 49.3 Å². The van der Waals surface area contributed by atoms with Crippen LogP contribution in [0.15, 0.2) is 42.5 Å². The molecule has 0 aliphatic carbocycles. The molecule has 2 aromatic rings. The zero-order valence-corrected chi connectivity index (χ0v) is 12.9. The Bertz CT molecular complexity index is 661. The summed E-state index contributed by atoms with van der Waals surface area (Å²) in [4.78, 5) is 11.8. The number of carbonyl (C=O) groups is 1. The molecular weight excluding hydrogens is 262 g/mol. The molecule has 2 N–H and O–H groups in total. The zero-order valence-electron chi connectivity index (χ0n) is 12.9. The van der Waals surface area contributed by atoms with E-state index in [0.29, 0.717) is 0 Å². The van der Waals surface area contributed by atoms with Crippen LogP contribution in [-0.4, -0.2) is 11.1 Å². The summed E-state index contributed by atoms with van der Waals surface area (Å²) < 4.78 is 0. The van der Waals surface area contributed by atoms with Crippen molar-refractivity contribution in [1.82, 2.24) is 0 Å². The molecule has 0 aromatic heterocycles. The highest BCUT2D eigenvalue weighted by Crippen LogP contribution is 2.28. The minimum atomic E-state index is -1.16. The molecule has 1 atom stereocenters. The number of hydrogen-bond donors (Lipinski definition) is 2. The summed E-state index contributed by atoms with van der Waals surface area (Å²) in [6.45, 7) is 7.71. The lowest BCUT2D eigenvalue weighted by molar-refractivity contribution is -0.142. The van der Waals surface area contributed by atoms with E-state index in [2.05, 4.69) is 5.32 Å². The van der Waals surface area contributed by atoms with Gasteiger partial charge in [-0.05, 0) is 56.5 Å². The van der Waals surface area contributed by atoms with Gasteiger partial charge in [0.25, 0.3) is 0 Å². The summed E-state index contributed by atoms with van der Waals surface area (Å²) >= 11 is 0. The van der Waals surface area contributed by atoms with Crippen LogP contribution >= 0.6 is 0 Å². The zero-order chi connectivity index (χ0) is 15.6. The first-order valence-corrected chi connectivity index (χ1v) is 6.99. The van der Waals surface area contributed by atoms with Crippen LogP contribution in [0.4, 0.5) is 5.69 Å². The molecule has 1 unspecified atom stereocenters. The lowest BCUT2D eigenvalue weighted by Crippen LogP contribution is -2.40. The predicted molar refractivity (Wildman–Crippen MR) is 85.7 cm³/mol. The van der Waals surface area contributed by atoms with Gasteiger partial charge in [-0.25, -0.2) is 4.79 Å². The van der Waals surface area contributed by atoms with E-state index in [1.807, 2.05) is 63.2 Å². The van der Waals surface area contributed by atoms with Crippen molar-refractivity contribution in [2.45, 2.75) is 33.2 Å². The molecule has 0 spiro atoms. The summed E-state index contributed by atoms with van der Waals surface area (Å²) in [7, 11) is 0. The van der Waals surface area contributed by atoms with Gasteiger partial charge in [0.2, 0.25) is 0 Å². The Morgan fingerprint density at radius 1 is 1.00 bits per heavy atom. The van der Waals surface area contributed by atoms with Gasteiger partial charge in [0.05, 0.1) is 0 Å².